The Kier molecular flexibility index (Phi) is 3.76. The first kappa shape index (κ1) is 14.2. The average Bonchev–Trinajstić information content (AvgIpc) is 2.99. The lowest BCUT2D eigenvalue weighted by Gasteiger charge is -2.33. The van der Waals surface area contributed by atoms with Gasteiger partial charge in [0.05, 0.1) is 5.54 Å². The minimum atomic E-state index is -0.517. The molecule has 1 aliphatic rings. The van der Waals surface area contributed by atoms with Gasteiger partial charge in [-0.05, 0) is 55.9 Å². The minimum absolute atomic E-state index is 0.282. The largest absolute Gasteiger partial charge is 0.337 e. The second-order valence-corrected chi connectivity index (χ2v) is 5.94. The molecule has 0 spiro atoms. The first-order valence-electron chi connectivity index (χ1n) is 7.50. The number of hydrogen-bond donors (Lipinski definition) is 1. The Balaban J connectivity index is 1.80. The van der Waals surface area contributed by atoms with E-state index in [1.54, 1.807) is 12.1 Å². The third-order valence-corrected chi connectivity index (χ3v) is 4.53. The maximum Gasteiger partial charge on any atom is 0.247 e. The maximum atomic E-state index is 12.9. The van der Waals surface area contributed by atoms with Gasteiger partial charge in [-0.15, -0.1) is 0 Å². The summed E-state index contributed by atoms with van der Waals surface area (Å²) >= 11 is 0. The predicted octanol–water partition coefficient (Wildman–Crippen LogP) is 3.63. The molecule has 1 aromatic carbocycles. The number of rotatable bonds is 3. The summed E-state index contributed by atoms with van der Waals surface area (Å²) in [4.78, 5) is 4.43. The van der Waals surface area contributed by atoms with Crippen molar-refractivity contribution in [2.45, 2.75) is 44.6 Å². The quantitative estimate of drug-likeness (QED) is 0.937. The predicted molar refractivity (Wildman–Crippen MR) is 77.8 cm³/mol. The van der Waals surface area contributed by atoms with Crippen molar-refractivity contribution in [1.82, 2.24) is 10.1 Å². The number of nitrogens with two attached hydrogens (primary N) is 1. The Morgan fingerprint density at radius 1 is 1.29 bits per heavy atom. The van der Waals surface area contributed by atoms with E-state index in [1.165, 1.54) is 18.6 Å². The number of nitrogens with zero attached hydrogens (tertiary/aromatic N) is 2. The molecule has 2 N–H and O–H groups in total. The van der Waals surface area contributed by atoms with Crippen LogP contribution in [-0.2, 0) is 5.54 Å². The van der Waals surface area contributed by atoms with Crippen molar-refractivity contribution < 1.29 is 8.91 Å². The van der Waals surface area contributed by atoms with Crippen molar-refractivity contribution in [3.8, 4) is 11.4 Å². The lowest BCUT2D eigenvalue weighted by atomic mass is 9.76. The van der Waals surface area contributed by atoms with Crippen molar-refractivity contribution >= 4 is 0 Å². The lowest BCUT2D eigenvalue weighted by molar-refractivity contribution is 0.181. The van der Waals surface area contributed by atoms with Gasteiger partial charge in [0.15, 0.2) is 0 Å². The molecule has 1 heterocycles. The van der Waals surface area contributed by atoms with Crippen LogP contribution in [0, 0.1) is 11.7 Å². The molecule has 0 atom stereocenters. The molecule has 1 saturated carbocycles. The Labute approximate surface area is 123 Å². The zero-order chi connectivity index (χ0) is 14.9. The van der Waals surface area contributed by atoms with Crippen LogP contribution < -0.4 is 5.73 Å². The van der Waals surface area contributed by atoms with Gasteiger partial charge in [0.2, 0.25) is 11.7 Å². The summed E-state index contributed by atoms with van der Waals surface area (Å²) in [7, 11) is 0. The van der Waals surface area contributed by atoms with Crippen molar-refractivity contribution in [3.63, 3.8) is 0 Å². The highest BCUT2D eigenvalue weighted by Gasteiger charge is 2.37. The van der Waals surface area contributed by atoms with Crippen LogP contribution in [0.5, 0.6) is 0 Å². The summed E-state index contributed by atoms with van der Waals surface area (Å²) in [6.45, 7) is 2.22. The van der Waals surface area contributed by atoms with Gasteiger partial charge in [-0.3, -0.25) is 0 Å². The molecule has 0 unspecified atom stereocenters. The fourth-order valence-corrected chi connectivity index (χ4v) is 2.96. The maximum absolute atomic E-state index is 12.9. The lowest BCUT2D eigenvalue weighted by Crippen LogP contribution is -2.40. The Morgan fingerprint density at radius 2 is 1.95 bits per heavy atom. The second kappa shape index (κ2) is 5.56. The zero-order valence-electron chi connectivity index (χ0n) is 12.2. The monoisotopic (exact) mass is 289 g/mol. The summed E-state index contributed by atoms with van der Waals surface area (Å²) in [5.41, 5.74) is 6.67. The summed E-state index contributed by atoms with van der Waals surface area (Å²) in [6, 6.07) is 6.05. The van der Waals surface area contributed by atoms with Gasteiger partial charge in [0.1, 0.15) is 5.82 Å². The Bertz CT molecular complexity index is 600. The molecule has 0 amide bonds. The van der Waals surface area contributed by atoms with Gasteiger partial charge in [-0.1, -0.05) is 18.5 Å². The molecule has 1 aromatic heterocycles. The van der Waals surface area contributed by atoms with Crippen LogP contribution in [0.4, 0.5) is 4.39 Å². The third kappa shape index (κ3) is 2.83. The van der Waals surface area contributed by atoms with E-state index in [0.29, 0.717) is 11.7 Å². The average molecular weight is 289 g/mol. The molecule has 0 radical (unpaired) electrons. The van der Waals surface area contributed by atoms with Gasteiger partial charge in [-0.25, -0.2) is 4.39 Å². The molecule has 1 fully saturated rings. The zero-order valence-corrected chi connectivity index (χ0v) is 12.2. The normalized spacial score (nSPS) is 26.0. The fraction of sp³-hybridized carbons (Fsp3) is 0.500. The number of halogens is 1. The Morgan fingerprint density at radius 3 is 2.57 bits per heavy atom. The molecule has 5 heteroatoms. The highest BCUT2D eigenvalue weighted by molar-refractivity contribution is 5.53. The number of benzene rings is 1. The third-order valence-electron chi connectivity index (χ3n) is 4.53. The van der Waals surface area contributed by atoms with E-state index in [2.05, 4.69) is 17.1 Å². The van der Waals surface area contributed by atoms with E-state index < -0.39 is 5.54 Å². The van der Waals surface area contributed by atoms with E-state index in [0.717, 1.165) is 37.2 Å². The van der Waals surface area contributed by atoms with E-state index in [4.69, 9.17) is 10.3 Å². The van der Waals surface area contributed by atoms with E-state index in [9.17, 15) is 4.39 Å². The molecule has 0 saturated heterocycles. The molecular weight excluding hydrogens is 269 g/mol. The molecule has 3 rings (SSSR count). The molecule has 2 aromatic rings. The van der Waals surface area contributed by atoms with Crippen LogP contribution in [0.25, 0.3) is 11.4 Å². The number of aromatic nitrogens is 2. The van der Waals surface area contributed by atoms with Crippen LogP contribution in [0.3, 0.4) is 0 Å². The van der Waals surface area contributed by atoms with E-state index >= 15 is 0 Å². The highest BCUT2D eigenvalue weighted by atomic mass is 19.1. The molecule has 21 heavy (non-hydrogen) atoms. The van der Waals surface area contributed by atoms with E-state index in [-0.39, 0.29) is 5.82 Å². The van der Waals surface area contributed by atoms with Crippen molar-refractivity contribution in [1.29, 1.82) is 0 Å². The standard InChI is InChI=1S/C16H20FN3O/c1-2-11-7-9-16(18,10-8-11)15-19-14(20-21-15)12-3-5-13(17)6-4-12/h3-6,11H,2,7-10,18H2,1H3. The summed E-state index contributed by atoms with van der Waals surface area (Å²) < 4.78 is 18.3. The molecule has 0 aliphatic heterocycles. The van der Waals surface area contributed by atoms with Gasteiger partial charge in [-0.2, -0.15) is 4.98 Å². The van der Waals surface area contributed by atoms with Gasteiger partial charge in [0.25, 0.3) is 0 Å². The van der Waals surface area contributed by atoms with Crippen LogP contribution in [0.2, 0.25) is 0 Å². The van der Waals surface area contributed by atoms with Gasteiger partial charge in [0, 0.05) is 5.56 Å². The van der Waals surface area contributed by atoms with Crippen LogP contribution >= 0.6 is 0 Å². The molecule has 112 valence electrons. The van der Waals surface area contributed by atoms with Crippen LogP contribution in [0.15, 0.2) is 28.8 Å². The van der Waals surface area contributed by atoms with Gasteiger partial charge < -0.3 is 10.3 Å². The minimum Gasteiger partial charge on any atom is -0.337 e. The van der Waals surface area contributed by atoms with Gasteiger partial charge >= 0.3 is 0 Å². The molecule has 4 nitrogen and oxygen atoms in total. The second-order valence-electron chi connectivity index (χ2n) is 5.94. The SMILES string of the molecule is CCC1CCC(N)(c2nc(-c3ccc(F)cc3)no2)CC1. The summed E-state index contributed by atoms with van der Waals surface area (Å²) in [5.74, 6) is 1.43. The first-order valence-corrected chi connectivity index (χ1v) is 7.50. The Hall–Kier alpha value is -1.75. The smallest absolute Gasteiger partial charge is 0.247 e. The van der Waals surface area contributed by atoms with E-state index in [1.807, 2.05) is 0 Å². The van der Waals surface area contributed by atoms with Crippen LogP contribution in [0.1, 0.15) is 44.9 Å². The first-order chi connectivity index (χ1) is 10.1. The van der Waals surface area contributed by atoms with Crippen molar-refractivity contribution in [2.24, 2.45) is 11.7 Å². The van der Waals surface area contributed by atoms with Crippen molar-refractivity contribution in [3.05, 3.63) is 36.0 Å². The molecule has 0 bridgehead atoms. The number of hydrogen-bond acceptors (Lipinski definition) is 4. The van der Waals surface area contributed by atoms with Crippen LogP contribution in [-0.4, -0.2) is 10.1 Å². The van der Waals surface area contributed by atoms with Crippen molar-refractivity contribution in [2.75, 3.05) is 0 Å². The highest BCUT2D eigenvalue weighted by Crippen LogP contribution is 2.38. The molecular formula is C16H20FN3O. The fourth-order valence-electron chi connectivity index (χ4n) is 2.96. The molecule has 1 aliphatic carbocycles. The summed E-state index contributed by atoms with van der Waals surface area (Å²) in [6.07, 6.45) is 5.14. The summed E-state index contributed by atoms with van der Waals surface area (Å²) in [5, 5.41) is 3.99. The topological polar surface area (TPSA) is 64.9 Å².